The van der Waals surface area contributed by atoms with Crippen LogP contribution in [0.5, 0.6) is 0 Å². The van der Waals surface area contributed by atoms with Crippen molar-refractivity contribution < 1.29 is 0 Å². The maximum atomic E-state index is 2.64. The number of rotatable bonds is 7. The summed E-state index contributed by atoms with van der Waals surface area (Å²) in [5.74, 6) is 0.889. The molecule has 1 saturated heterocycles. The van der Waals surface area contributed by atoms with Gasteiger partial charge >= 0.3 is 0 Å². The second-order valence-electron chi connectivity index (χ2n) is 5.56. The van der Waals surface area contributed by atoms with Gasteiger partial charge in [0.1, 0.15) is 0 Å². The Morgan fingerprint density at radius 1 is 1.00 bits per heavy atom. The van der Waals surface area contributed by atoms with E-state index in [9.17, 15) is 0 Å². The average molecular weight is 226 g/mol. The summed E-state index contributed by atoms with van der Waals surface area (Å²) in [6.45, 7) is 11.1. The molecule has 1 aliphatic rings. The van der Waals surface area contributed by atoms with Crippen molar-refractivity contribution in [2.45, 2.75) is 46.0 Å². The van der Waals surface area contributed by atoms with Crippen LogP contribution in [0.1, 0.15) is 46.0 Å². The highest BCUT2D eigenvalue weighted by Crippen LogP contribution is 2.12. The molecule has 0 aromatic heterocycles. The zero-order valence-corrected chi connectivity index (χ0v) is 11.5. The highest BCUT2D eigenvalue weighted by atomic mass is 15.2. The van der Waals surface area contributed by atoms with E-state index in [2.05, 4.69) is 30.7 Å². The Balaban J connectivity index is 2.02. The minimum atomic E-state index is 0.889. The fraction of sp³-hybridized carbons (Fsp3) is 1.00. The molecule has 1 aliphatic heterocycles. The highest BCUT2D eigenvalue weighted by Gasteiger charge is 2.15. The van der Waals surface area contributed by atoms with Gasteiger partial charge in [0.05, 0.1) is 0 Å². The van der Waals surface area contributed by atoms with E-state index in [0.29, 0.717) is 0 Å². The van der Waals surface area contributed by atoms with Crippen LogP contribution in [0.4, 0.5) is 0 Å². The smallest absolute Gasteiger partial charge is 0.0110 e. The number of unbranched alkanes of at least 4 members (excludes halogenated alkanes) is 3. The average Bonchev–Trinajstić information content (AvgIpc) is 2.28. The van der Waals surface area contributed by atoms with E-state index < -0.39 is 0 Å². The van der Waals surface area contributed by atoms with Crippen molar-refractivity contribution in [3.05, 3.63) is 0 Å². The van der Waals surface area contributed by atoms with Gasteiger partial charge in [-0.25, -0.2) is 0 Å². The van der Waals surface area contributed by atoms with Crippen molar-refractivity contribution in [1.82, 2.24) is 9.80 Å². The van der Waals surface area contributed by atoms with Crippen LogP contribution in [0.25, 0.3) is 0 Å². The maximum absolute atomic E-state index is 2.64. The van der Waals surface area contributed by atoms with E-state index in [1.807, 2.05) is 0 Å². The third kappa shape index (κ3) is 5.86. The van der Waals surface area contributed by atoms with Crippen molar-refractivity contribution in [2.24, 2.45) is 5.92 Å². The van der Waals surface area contributed by atoms with E-state index in [4.69, 9.17) is 0 Å². The van der Waals surface area contributed by atoms with Crippen molar-refractivity contribution in [3.8, 4) is 0 Å². The number of hydrogen-bond donors (Lipinski definition) is 0. The predicted molar refractivity (Wildman–Crippen MR) is 71.9 cm³/mol. The molecule has 0 N–H and O–H groups in total. The summed E-state index contributed by atoms with van der Waals surface area (Å²) in [5, 5.41) is 0. The molecule has 0 amide bonds. The fourth-order valence-electron chi connectivity index (χ4n) is 2.48. The largest absolute Gasteiger partial charge is 0.304 e. The molecule has 0 aliphatic carbocycles. The Morgan fingerprint density at radius 3 is 2.31 bits per heavy atom. The quantitative estimate of drug-likeness (QED) is 0.616. The molecule has 2 nitrogen and oxygen atoms in total. The minimum Gasteiger partial charge on any atom is -0.304 e. The Hall–Kier alpha value is -0.0800. The summed E-state index contributed by atoms with van der Waals surface area (Å²) < 4.78 is 0. The van der Waals surface area contributed by atoms with Crippen molar-refractivity contribution in [1.29, 1.82) is 0 Å². The zero-order chi connectivity index (χ0) is 11.8. The minimum absolute atomic E-state index is 0.889. The molecular formula is C14H30N2. The molecule has 0 spiro atoms. The van der Waals surface area contributed by atoms with Gasteiger partial charge in [-0.1, -0.05) is 39.5 Å². The van der Waals surface area contributed by atoms with Crippen LogP contribution in [-0.4, -0.2) is 49.6 Å². The zero-order valence-electron chi connectivity index (χ0n) is 11.5. The first-order valence-corrected chi connectivity index (χ1v) is 7.13. The molecule has 1 heterocycles. The SMILES string of the molecule is CCCCCCC(C)CN1CCN(C)CC1. The molecule has 0 aromatic carbocycles. The van der Waals surface area contributed by atoms with E-state index in [-0.39, 0.29) is 0 Å². The van der Waals surface area contributed by atoms with Crippen LogP contribution < -0.4 is 0 Å². The van der Waals surface area contributed by atoms with Crippen LogP contribution in [0.15, 0.2) is 0 Å². The summed E-state index contributed by atoms with van der Waals surface area (Å²) in [4.78, 5) is 5.08. The van der Waals surface area contributed by atoms with Crippen LogP contribution >= 0.6 is 0 Å². The Morgan fingerprint density at radius 2 is 1.69 bits per heavy atom. The summed E-state index contributed by atoms with van der Waals surface area (Å²) in [7, 11) is 2.23. The Kier molecular flexibility index (Phi) is 7.06. The van der Waals surface area contributed by atoms with E-state index >= 15 is 0 Å². The second kappa shape index (κ2) is 8.08. The van der Waals surface area contributed by atoms with Gasteiger partial charge in [-0.3, -0.25) is 0 Å². The van der Waals surface area contributed by atoms with E-state index in [1.54, 1.807) is 0 Å². The number of hydrogen-bond acceptors (Lipinski definition) is 2. The summed E-state index contributed by atoms with van der Waals surface area (Å²) in [6.07, 6.45) is 7.06. The second-order valence-corrected chi connectivity index (χ2v) is 5.56. The fourth-order valence-corrected chi connectivity index (χ4v) is 2.48. The Labute approximate surface area is 102 Å². The van der Waals surface area contributed by atoms with Crippen LogP contribution in [-0.2, 0) is 0 Å². The molecule has 1 rings (SSSR count). The highest BCUT2D eigenvalue weighted by molar-refractivity contribution is 4.71. The number of piperazine rings is 1. The maximum Gasteiger partial charge on any atom is 0.0110 e. The third-order valence-electron chi connectivity index (χ3n) is 3.72. The summed E-state index contributed by atoms with van der Waals surface area (Å²) in [6, 6.07) is 0. The lowest BCUT2D eigenvalue weighted by Gasteiger charge is -2.34. The molecule has 16 heavy (non-hydrogen) atoms. The predicted octanol–water partition coefficient (Wildman–Crippen LogP) is 2.84. The van der Waals surface area contributed by atoms with Crippen LogP contribution in [0, 0.1) is 5.92 Å². The van der Waals surface area contributed by atoms with Crippen LogP contribution in [0.3, 0.4) is 0 Å². The first kappa shape index (κ1) is 14.0. The van der Waals surface area contributed by atoms with Crippen molar-refractivity contribution in [2.75, 3.05) is 39.8 Å². The van der Waals surface area contributed by atoms with Gasteiger partial charge in [0.2, 0.25) is 0 Å². The number of nitrogens with zero attached hydrogens (tertiary/aromatic N) is 2. The molecule has 1 fully saturated rings. The summed E-state index contributed by atoms with van der Waals surface area (Å²) in [5.41, 5.74) is 0. The van der Waals surface area contributed by atoms with Gasteiger partial charge < -0.3 is 9.80 Å². The molecular weight excluding hydrogens is 196 g/mol. The summed E-state index contributed by atoms with van der Waals surface area (Å²) >= 11 is 0. The van der Waals surface area contributed by atoms with Gasteiger partial charge in [-0.05, 0) is 19.4 Å². The molecule has 96 valence electrons. The Bertz CT molecular complexity index is 162. The van der Waals surface area contributed by atoms with Crippen molar-refractivity contribution in [3.63, 3.8) is 0 Å². The molecule has 0 saturated carbocycles. The molecule has 0 aromatic rings. The monoisotopic (exact) mass is 226 g/mol. The van der Waals surface area contributed by atoms with E-state index in [1.165, 1.54) is 64.8 Å². The van der Waals surface area contributed by atoms with Crippen LogP contribution in [0.2, 0.25) is 0 Å². The normalized spacial score (nSPS) is 21.2. The molecule has 1 atom stereocenters. The topological polar surface area (TPSA) is 6.48 Å². The molecule has 1 unspecified atom stereocenters. The van der Waals surface area contributed by atoms with E-state index in [0.717, 1.165) is 5.92 Å². The van der Waals surface area contributed by atoms with Crippen molar-refractivity contribution >= 4 is 0 Å². The molecule has 0 radical (unpaired) electrons. The first-order valence-electron chi connectivity index (χ1n) is 7.13. The lowest BCUT2D eigenvalue weighted by atomic mass is 10.0. The molecule has 2 heteroatoms. The van der Waals surface area contributed by atoms with Gasteiger partial charge in [0.25, 0.3) is 0 Å². The van der Waals surface area contributed by atoms with Gasteiger partial charge in [0.15, 0.2) is 0 Å². The third-order valence-corrected chi connectivity index (χ3v) is 3.72. The van der Waals surface area contributed by atoms with Gasteiger partial charge in [-0.2, -0.15) is 0 Å². The lowest BCUT2D eigenvalue weighted by Crippen LogP contribution is -2.45. The first-order chi connectivity index (χ1) is 7.72. The van der Waals surface area contributed by atoms with Gasteiger partial charge in [0, 0.05) is 32.7 Å². The van der Waals surface area contributed by atoms with Gasteiger partial charge in [-0.15, -0.1) is 0 Å². The molecule has 0 bridgehead atoms. The number of likely N-dealkylation sites (N-methyl/N-ethyl adjacent to an activating group) is 1. The standard InChI is InChI=1S/C14H30N2/c1-4-5-6-7-8-14(2)13-16-11-9-15(3)10-12-16/h14H,4-13H2,1-3H3. The lowest BCUT2D eigenvalue weighted by molar-refractivity contribution is 0.136.